The van der Waals surface area contributed by atoms with Gasteiger partial charge in [0.2, 0.25) is 5.91 Å². The zero-order valence-electron chi connectivity index (χ0n) is 15.7. The van der Waals surface area contributed by atoms with Crippen LogP contribution in [0.3, 0.4) is 0 Å². The van der Waals surface area contributed by atoms with E-state index >= 15 is 0 Å². The third-order valence-electron chi connectivity index (χ3n) is 4.91. The largest absolute Gasteiger partial charge is 0.302 e. The van der Waals surface area contributed by atoms with Gasteiger partial charge in [-0.05, 0) is 23.1 Å². The SMILES string of the molecule is O=C(Cc1ccc([N+](=O)[O-])cc1)Nc1nc(CN2CCc3ccccc3C2)cs1. The van der Waals surface area contributed by atoms with Crippen molar-refractivity contribution in [3.05, 3.63) is 86.4 Å². The van der Waals surface area contributed by atoms with E-state index in [-0.39, 0.29) is 18.0 Å². The molecule has 1 aliphatic rings. The minimum atomic E-state index is -0.456. The van der Waals surface area contributed by atoms with Gasteiger partial charge in [0.05, 0.1) is 17.0 Å². The number of non-ortho nitro benzene ring substituents is 1. The molecule has 29 heavy (non-hydrogen) atoms. The molecule has 1 aliphatic heterocycles. The van der Waals surface area contributed by atoms with Crippen LogP contribution in [0.1, 0.15) is 22.4 Å². The number of nitrogens with zero attached hydrogens (tertiary/aromatic N) is 3. The molecule has 0 spiro atoms. The fraction of sp³-hybridized carbons (Fsp3) is 0.238. The second-order valence-corrected chi connectivity index (χ2v) is 7.88. The summed E-state index contributed by atoms with van der Waals surface area (Å²) in [6, 6.07) is 14.5. The lowest BCUT2D eigenvalue weighted by Gasteiger charge is -2.27. The molecule has 1 N–H and O–H groups in total. The smallest absolute Gasteiger partial charge is 0.269 e. The number of carbonyl (C=O) groups excluding carboxylic acids is 1. The number of hydrogen-bond acceptors (Lipinski definition) is 6. The van der Waals surface area contributed by atoms with Crippen molar-refractivity contribution in [1.29, 1.82) is 0 Å². The highest BCUT2D eigenvalue weighted by Crippen LogP contribution is 2.22. The summed E-state index contributed by atoms with van der Waals surface area (Å²) < 4.78 is 0. The maximum absolute atomic E-state index is 12.2. The minimum Gasteiger partial charge on any atom is -0.302 e. The average Bonchev–Trinajstić information content (AvgIpc) is 3.14. The molecule has 2 heterocycles. The highest BCUT2D eigenvalue weighted by atomic mass is 32.1. The number of aromatic nitrogens is 1. The quantitative estimate of drug-likeness (QED) is 0.495. The van der Waals surface area contributed by atoms with Crippen LogP contribution in [0, 0.1) is 10.1 Å². The molecule has 1 aromatic heterocycles. The Morgan fingerprint density at radius 3 is 2.69 bits per heavy atom. The summed E-state index contributed by atoms with van der Waals surface area (Å²) in [6.07, 6.45) is 1.19. The summed E-state index contributed by atoms with van der Waals surface area (Å²) in [7, 11) is 0. The van der Waals surface area contributed by atoms with E-state index in [1.807, 2.05) is 5.38 Å². The van der Waals surface area contributed by atoms with Crippen LogP contribution >= 0.6 is 11.3 Å². The summed E-state index contributed by atoms with van der Waals surface area (Å²) in [6.45, 7) is 2.66. The molecular formula is C21H20N4O3S. The van der Waals surface area contributed by atoms with Gasteiger partial charge in [-0.25, -0.2) is 4.98 Å². The molecule has 0 aliphatic carbocycles. The summed E-state index contributed by atoms with van der Waals surface area (Å²) in [5.41, 5.74) is 4.46. The van der Waals surface area contributed by atoms with Gasteiger partial charge in [-0.15, -0.1) is 11.3 Å². The standard InChI is InChI=1S/C21H20N4O3S/c26-20(11-15-5-7-19(8-6-15)25(27)28)23-21-22-18(14-29-21)13-24-10-9-16-3-1-2-4-17(16)12-24/h1-8,14H,9-13H2,(H,22,23,26). The number of hydrogen-bond donors (Lipinski definition) is 1. The van der Waals surface area contributed by atoms with Gasteiger partial charge in [-0.2, -0.15) is 0 Å². The van der Waals surface area contributed by atoms with Gasteiger partial charge < -0.3 is 5.32 Å². The Kier molecular flexibility index (Phi) is 5.64. The molecular weight excluding hydrogens is 388 g/mol. The Morgan fingerprint density at radius 2 is 1.93 bits per heavy atom. The van der Waals surface area contributed by atoms with Crippen molar-refractivity contribution < 1.29 is 9.72 Å². The predicted molar refractivity (Wildman–Crippen MR) is 112 cm³/mol. The Labute approximate surface area is 172 Å². The summed E-state index contributed by atoms with van der Waals surface area (Å²) in [5, 5.41) is 16.1. The van der Waals surface area contributed by atoms with Crippen LogP contribution in [0.15, 0.2) is 53.9 Å². The fourth-order valence-electron chi connectivity index (χ4n) is 3.44. The van der Waals surface area contributed by atoms with Crippen LogP contribution in [-0.4, -0.2) is 27.3 Å². The number of nitro benzene ring substituents is 1. The van der Waals surface area contributed by atoms with E-state index in [2.05, 4.69) is 39.5 Å². The van der Waals surface area contributed by atoms with Gasteiger partial charge in [0.1, 0.15) is 0 Å². The molecule has 7 nitrogen and oxygen atoms in total. The van der Waals surface area contributed by atoms with Crippen LogP contribution in [0.2, 0.25) is 0 Å². The van der Waals surface area contributed by atoms with Gasteiger partial charge in [0.25, 0.3) is 5.69 Å². The molecule has 148 valence electrons. The van der Waals surface area contributed by atoms with Gasteiger partial charge in [0.15, 0.2) is 5.13 Å². The summed E-state index contributed by atoms with van der Waals surface area (Å²) >= 11 is 1.41. The highest BCUT2D eigenvalue weighted by molar-refractivity contribution is 7.13. The first-order valence-corrected chi connectivity index (χ1v) is 10.2. The van der Waals surface area contributed by atoms with Crippen LogP contribution in [0.25, 0.3) is 0 Å². The van der Waals surface area contributed by atoms with Crippen LogP contribution in [0.4, 0.5) is 10.8 Å². The zero-order chi connectivity index (χ0) is 20.2. The van der Waals surface area contributed by atoms with E-state index in [1.54, 1.807) is 12.1 Å². The van der Waals surface area contributed by atoms with Gasteiger partial charge >= 0.3 is 0 Å². The van der Waals surface area contributed by atoms with E-state index in [4.69, 9.17) is 0 Å². The molecule has 0 saturated heterocycles. The molecule has 1 amide bonds. The number of amides is 1. The van der Waals surface area contributed by atoms with Crippen molar-refractivity contribution in [3.63, 3.8) is 0 Å². The number of anilines is 1. The molecule has 2 aromatic carbocycles. The first-order valence-electron chi connectivity index (χ1n) is 9.33. The topological polar surface area (TPSA) is 88.4 Å². The highest BCUT2D eigenvalue weighted by Gasteiger charge is 2.17. The molecule has 0 atom stereocenters. The molecule has 0 saturated carbocycles. The Bertz CT molecular complexity index is 1030. The van der Waals surface area contributed by atoms with Gasteiger partial charge in [-0.3, -0.25) is 19.8 Å². The second-order valence-electron chi connectivity index (χ2n) is 7.02. The summed E-state index contributed by atoms with van der Waals surface area (Å²) in [5.74, 6) is -0.188. The Balaban J connectivity index is 1.31. The maximum atomic E-state index is 12.2. The maximum Gasteiger partial charge on any atom is 0.269 e. The van der Waals surface area contributed by atoms with Crippen molar-refractivity contribution in [2.75, 3.05) is 11.9 Å². The van der Waals surface area contributed by atoms with Crippen LogP contribution in [-0.2, 0) is 30.7 Å². The molecule has 8 heteroatoms. The number of carbonyl (C=O) groups is 1. The second kappa shape index (κ2) is 8.50. The van der Waals surface area contributed by atoms with Crippen LogP contribution in [0.5, 0.6) is 0 Å². The van der Waals surface area contributed by atoms with Crippen molar-refractivity contribution in [1.82, 2.24) is 9.88 Å². The van der Waals surface area contributed by atoms with E-state index in [1.165, 1.54) is 34.6 Å². The van der Waals surface area contributed by atoms with Crippen molar-refractivity contribution in [2.45, 2.75) is 25.9 Å². The van der Waals surface area contributed by atoms with Gasteiger partial charge in [0, 0.05) is 37.1 Å². The molecule has 0 radical (unpaired) electrons. The van der Waals surface area contributed by atoms with Gasteiger partial charge in [-0.1, -0.05) is 36.4 Å². The molecule has 0 fully saturated rings. The minimum absolute atomic E-state index is 0.0130. The molecule has 0 bridgehead atoms. The molecule has 0 unspecified atom stereocenters. The van der Waals surface area contributed by atoms with Crippen LogP contribution < -0.4 is 5.32 Å². The number of rotatable bonds is 6. The lowest BCUT2D eigenvalue weighted by Crippen LogP contribution is -2.30. The lowest BCUT2D eigenvalue weighted by atomic mass is 10.00. The van der Waals surface area contributed by atoms with E-state index in [0.717, 1.165) is 37.3 Å². The first-order chi connectivity index (χ1) is 14.1. The zero-order valence-corrected chi connectivity index (χ0v) is 16.5. The monoisotopic (exact) mass is 408 g/mol. The van der Waals surface area contributed by atoms with E-state index < -0.39 is 4.92 Å². The van der Waals surface area contributed by atoms with Crippen molar-refractivity contribution in [3.8, 4) is 0 Å². The van der Waals surface area contributed by atoms with Crippen molar-refractivity contribution in [2.24, 2.45) is 0 Å². The fourth-order valence-corrected chi connectivity index (χ4v) is 4.16. The Hall–Kier alpha value is -3.10. The average molecular weight is 408 g/mol. The third-order valence-corrected chi connectivity index (χ3v) is 5.71. The third kappa shape index (κ3) is 4.85. The molecule has 3 aromatic rings. The Morgan fingerprint density at radius 1 is 1.17 bits per heavy atom. The van der Waals surface area contributed by atoms with Crippen molar-refractivity contribution >= 4 is 28.1 Å². The number of nitro groups is 1. The predicted octanol–water partition coefficient (Wildman–Crippen LogP) is 3.79. The van der Waals surface area contributed by atoms with E-state index in [0.29, 0.717) is 5.13 Å². The summed E-state index contributed by atoms with van der Waals surface area (Å²) in [4.78, 5) is 29.4. The lowest BCUT2D eigenvalue weighted by molar-refractivity contribution is -0.384. The first kappa shape index (κ1) is 19.2. The number of thiazole rings is 1. The van der Waals surface area contributed by atoms with E-state index in [9.17, 15) is 14.9 Å². The number of benzene rings is 2. The number of nitrogens with one attached hydrogen (secondary N) is 1. The number of fused-ring (bicyclic) bond motifs is 1. The molecule has 4 rings (SSSR count). The normalized spacial score (nSPS) is 13.7.